The van der Waals surface area contributed by atoms with Crippen molar-refractivity contribution in [3.63, 3.8) is 0 Å². The molecule has 2 rings (SSSR count). The molecule has 0 aliphatic carbocycles. The monoisotopic (exact) mass is 397 g/mol. The van der Waals surface area contributed by atoms with Crippen LogP contribution in [0, 0.1) is 10.1 Å². The van der Waals surface area contributed by atoms with E-state index in [4.69, 9.17) is 0 Å². The Balaban J connectivity index is 1.89. The Kier molecular flexibility index (Phi) is 7.21. The Hall–Kier alpha value is -3.52. The van der Waals surface area contributed by atoms with Crippen molar-refractivity contribution in [1.29, 1.82) is 0 Å². The van der Waals surface area contributed by atoms with E-state index in [2.05, 4.69) is 10.6 Å². The molecule has 8 heteroatoms. The van der Waals surface area contributed by atoms with Crippen molar-refractivity contribution in [2.24, 2.45) is 0 Å². The van der Waals surface area contributed by atoms with E-state index in [0.717, 1.165) is 5.56 Å². The second-order valence-corrected chi connectivity index (χ2v) is 7.14. The van der Waals surface area contributed by atoms with Gasteiger partial charge in [0, 0.05) is 23.9 Å². The molecule has 0 radical (unpaired) electrons. The Morgan fingerprint density at radius 1 is 1.10 bits per heavy atom. The first-order valence-corrected chi connectivity index (χ1v) is 8.93. The zero-order valence-electron chi connectivity index (χ0n) is 16.2. The Morgan fingerprint density at radius 3 is 2.28 bits per heavy atom. The van der Waals surface area contributed by atoms with E-state index in [9.17, 15) is 24.8 Å². The van der Waals surface area contributed by atoms with Crippen molar-refractivity contribution in [3.05, 3.63) is 75.8 Å². The number of anilines is 1. The van der Waals surface area contributed by atoms with Crippen LogP contribution in [-0.4, -0.2) is 34.0 Å². The van der Waals surface area contributed by atoms with Gasteiger partial charge in [-0.3, -0.25) is 19.7 Å². The third-order valence-corrected chi connectivity index (χ3v) is 3.99. The van der Waals surface area contributed by atoms with Crippen molar-refractivity contribution < 1.29 is 19.6 Å². The summed E-state index contributed by atoms with van der Waals surface area (Å²) in [6.45, 7) is 3.30. The van der Waals surface area contributed by atoms with Crippen molar-refractivity contribution in [2.75, 3.05) is 11.9 Å². The molecule has 0 heterocycles. The van der Waals surface area contributed by atoms with Crippen LogP contribution in [0.4, 0.5) is 11.4 Å². The number of aliphatic hydroxyl groups excluding tert-OH is 1. The molecule has 0 saturated heterocycles. The average molecular weight is 397 g/mol. The summed E-state index contributed by atoms with van der Waals surface area (Å²) >= 11 is 0. The fourth-order valence-corrected chi connectivity index (χ4v) is 2.42. The Labute approximate surface area is 168 Å². The number of rotatable bonds is 8. The number of hydrogen-bond acceptors (Lipinski definition) is 5. The fourth-order valence-electron chi connectivity index (χ4n) is 2.42. The van der Waals surface area contributed by atoms with Gasteiger partial charge in [-0.15, -0.1) is 0 Å². The van der Waals surface area contributed by atoms with Crippen LogP contribution < -0.4 is 10.6 Å². The molecule has 2 amide bonds. The standard InChI is InChI=1S/C21H23N3O5/c1-21(2,14-25)23-20(27)13-16-3-8-17(9-4-16)22-19(26)12-7-15-5-10-18(11-6-15)24(28)29/h3-12,25H,13-14H2,1-2H3,(H,22,26)(H,23,27)/b12-7+. The van der Waals surface area contributed by atoms with E-state index >= 15 is 0 Å². The first-order valence-electron chi connectivity index (χ1n) is 8.93. The van der Waals surface area contributed by atoms with Gasteiger partial charge in [-0.05, 0) is 55.3 Å². The summed E-state index contributed by atoms with van der Waals surface area (Å²) < 4.78 is 0. The van der Waals surface area contributed by atoms with Crippen molar-refractivity contribution in [1.82, 2.24) is 5.32 Å². The number of carbonyl (C=O) groups excluding carboxylic acids is 2. The molecule has 0 aliphatic rings. The van der Waals surface area contributed by atoms with Gasteiger partial charge in [0.05, 0.1) is 23.5 Å². The number of nitro groups is 1. The van der Waals surface area contributed by atoms with Crippen LogP contribution in [0.3, 0.4) is 0 Å². The van der Waals surface area contributed by atoms with Crippen LogP contribution >= 0.6 is 0 Å². The number of nitrogens with one attached hydrogen (secondary N) is 2. The van der Waals surface area contributed by atoms with Crippen LogP contribution in [0.1, 0.15) is 25.0 Å². The van der Waals surface area contributed by atoms with E-state index in [1.165, 1.54) is 18.2 Å². The first kappa shape index (κ1) is 21.8. The highest BCUT2D eigenvalue weighted by molar-refractivity contribution is 6.01. The van der Waals surface area contributed by atoms with Gasteiger partial charge in [0.25, 0.3) is 5.69 Å². The smallest absolute Gasteiger partial charge is 0.269 e. The second kappa shape index (κ2) is 9.61. The number of benzene rings is 2. The van der Waals surface area contributed by atoms with E-state index in [1.807, 2.05) is 0 Å². The number of amides is 2. The molecule has 2 aromatic rings. The molecule has 2 aromatic carbocycles. The third kappa shape index (κ3) is 7.19. The Morgan fingerprint density at radius 2 is 1.72 bits per heavy atom. The van der Waals surface area contributed by atoms with Gasteiger partial charge in [0.1, 0.15) is 0 Å². The van der Waals surface area contributed by atoms with E-state index < -0.39 is 10.5 Å². The second-order valence-electron chi connectivity index (χ2n) is 7.14. The molecule has 8 nitrogen and oxygen atoms in total. The lowest BCUT2D eigenvalue weighted by atomic mass is 10.1. The SMILES string of the molecule is CC(C)(CO)NC(=O)Cc1ccc(NC(=O)/C=C/c2ccc([N+](=O)[O-])cc2)cc1. The first-order chi connectivity index (χ1) is 13.7. The van der Waals surface area contributed by atoms with Gasteiger partial charge in [0.15, 0.2) is 0 Å². The molecule has 3 N–H and O–H groups in total. The minimum Gasteiger partial charge on any atom is -0.394 e. The molecule has 0 saturated carbocycles. The van der Waals surface area contributed by atoms with Crippen LogP contribution in [0.15, 0.2) is 54.6 Å². The number of carbonyl (C=O) groups is 2. The molecule has 0 aliphatic heterocycles. The lowest BCUT2D eigenvalue weighted by Gasteiger charge is -2.23. The number of aliphatic hydroxyl groups is 1. The van der Waals surface area contributed by atoms with Crippen LogP contribution in [0.5, 0.6) is 0 Å². The van der Waals surface area contributed by atoms with Crippen LogP contribution in [0.2, 0.25) is 0 Å². The maximum atomic E-state index is 12.0. The average Bonchev–Trinajstić information content (AvgIpc) is 2.68. The lowest BCUT2D eigenvalue weighted by Crippen LogP contribution is -2.46. The lowest BCUT2D eigenvalue weighted by molar-refractivity contribution is -0.384. The molecule has 0 atom stereocenters. The van der Waals surface area contributed by atoms with Gasteiger partial charge < -0.3 is 15.7 Å². The van der Waals surface area contributed by atoms with E-state index in [-0.39, 0.29) is 30.5 Å². The molecule has 29 heavy (non-hydrogen) atoms. The molecule has 0 bridgehead atoms. The molecule has 0 aromatic heterocycles. The summed E-state index contributed by atoms with van der Waals surface area (Å²) in [5, 5.41) is 25.3. The molecule has 0 fully saturated rings. The molecule has 0 unspecified atom stereocenters. The normalized spacial score (nSPS) is 11.3. The highest BCUT2D eigenvalue weighted by Gasteiger charge is 2.18. The van der Waals surface area contributed by atoms with Crippen molar-refractivity contribution >= 4 is 29.3 Å². The van der Waals surface area contributed by atoms with Gasteiger partial charge in [-0.1, -0.05) is 12.1 Å². The summed E-state index contributed by atoms with van der Waals surface area (Å²) in [4.78, 5) is 34.2. The summed E-state index contributed by atoms with van der Waals surface area (Å²) in [5.41, 5.74) is 1.32. The van der Waals surface area contributed by atoms with Gasteiger partial charge >= 0.3 is 0 Å². The topological polar surface area (TPSA) is 122 Å². The van der Waals surface area contributed by atoms with E-state index in [0.29, 0.717) is 11.3 Å². The van der Waals surface area contributed by atoms with Gasteiger partial charge in [-0.25, -0.2) is 0 Å². The largest absolute Gasteiger partial charge is 0.394 e. The zero-order valence-corrected chi connectivity index (χ0v) is 16.2. The highest BCUT2D eigenvalue weighted by atomic mass is 16.6. The third-order valence-electron chi connectivity index (χ3n) is 3.99. The number of hydrogen-bond donors (Lipinski definition) is 3. The van der Waals surface area contributed by atoms with Crippen LogP contribution in [-0.2, 0) is 16.0 Å². The summed E-state index contributed by atoms with van der Waals surface area (Å²) in [6.07, 6.45) is 3.05. The van der Waals surface area contributed by atoms with Gasteiger partial charge in [-0.2, -0.15) is 0 Å². The number of non-ortho nitro benzene ring substituents is 1. The Bertz CT molecular complexity index is 903. The van der Waals surface area contributed by atoms with Crippen molar-refractivity contribution in [3.8, 4) is 0 Å². The summed E-state index contributed by atoms with van der Waals surface area (Å²) in [7, 11) is 0. The van der Waals surface area contributed by atoms with Crippen LogP contribution in [0.25, 0.3) is 6.08 Å². The fraction of sp³-hybridized carbons (Fsp3) is 0.238. The maximum Gasteiger partial charge on any atom is 0.269 e. The zero-order chi connectivity index (χ0) is 21.4. The molecular formula is C21H23N3O5. The van der Waals surface area contributed by atoms with Gasteiger partial charge in [0.2, 0.25) is 11.8 Å². The number of nitro benzene ring substituents is 1. The highest BCUT2D eigenvalue weighted by Crippen LogP contribution is 2.14. The molecular weight excluding hydrogens is 374 g/mol. The minimum atomic E-state index is -0.680. The summed E-state index contributed by atoms with van der Waals surface area (Å²) in [5.74, 6) is -0.551. The predicted octanol–water partition coefficient (Wildman–Crippen LogP) is 2.68. The molecule has 0 spiro atoms. The minimum absolute atomic E-state index is 0.0136. The predicted molar refractivity (Wildman–Crippen MR) is 110 cm³/mol. The summed E-state index contributed by atoms with van der Waals surface area (Å²) in [6, 6.07) is 12.7. The number of nitrogens with zero attached hydrogens (tertiary/aromatic N) is 1. The quantitative estimate of drug-likeness (QED) is 0.359. The van der Waals surface area contributed by atoms with Crippen molar-refractivity contribution in [2.45, 2.75) is 25.8 Å². The van der Waals surface area contributed by atoms with E-state index in [1.54, 1.807) is 56.3 Å². The molecule has 152 valence electrons. The maximum absolute atomic E-state index is 12.0.